The van der Waals surface area contributed by atoms with Crippen molar-refractivity contribution in [2.24, 2.45) is 0 Å². The first kappa shape index (κ1) is 14.8. The third-order valence-corrected chi connectivity index (χ3v) is 3.03. The van der Waals surface area contributed by atoms with Crippen molar-refractivity contribution in [3.63, 3.8) is 0 Å². The van der Waals surface area contributed by atoms with Crippen LogP contribution in [0, 0.1) is 6.92 Å². The van der Waals surface area contributed by atoms with Gasteiger partial charge in [-0.25, -0.2) is 13.8 Å². The first-order valence-corrected chi connectivity index (χ1v) is 6.11. The Morgan fingerprint density at radius 3 is 2.57 bits per heavy atom. The Kier molecular flexibility index (Phi) is 4.37. The molecule has 21 heavy (non-hydrogen) atoms. The highest BCUT2D eigenvalue weighted by molar-refractivity contribution is 5.81. The topological polar surface area (TPSA) is 59.1 Å². The van der Waals surface area contributed by atoms with Crippen molar-refractivity contribution in [2.75, 3.05) is 5.32 Å². The van der Waals surface area contributed by atoms with Crippen molar-refractivity contribution in [2.45, 2.75) is 13.3 Å². The number of aromatic nitrogens is 1. The van der Waals surface area contributed by atoms with Gasteiger partial charge in [-0.2, -0.15) is 0 Å². The van der Waals surface area contributed by atoms with Crippen LogP contribution in [0.15, 0.2) is 30.5 Å². The van der Waals surface area contributed by atoms with Gasteiger partial charge in [0.1, 0.15) is 12.1 Å². The van der Waals surface area contributed by atoms with Crippen LogP contribution in [0.5, 0.6) is 0 Å². The lowest BCUT2D eigenvalue weighted by atomic mass is 9.98. The monoisotopic (exact) mass is 290 g/mol. The fourth-order valence-corrected chi connectivity index (χ4v) is 2.02. The van der Waals surface area contributed by atoms with E-state index in [-0.39, 0.29) is 11.1 Å². The number of halogens is 2. The molecule has 0 atom stereocenters. The van der Waals surface area contributed by atoms with Crippen molar-refractivity contribution in [1.29, 1.82) is 0 Å². The minimum Gasteiger partial charge on any atom is -0.313 e. The van der Waals surface area contributed by atoms with Gasteiger partial charge in [-0.1, -0.05) is 12.1 Å². The van der Waals surface area contributed by atoms with Crippen molar-refractivity contribution >= 4 is 18.5 Å². The average Bonchev–Trinajstić information content (AvgIpc) is 2.48. The molecular formula is C15H12F2N2O2. The van der Waals surface area contributed by atoms with Gasteiger partial charge in [0, 0.05) is 22.9 Å². The molecule has 1 heterocycles. The van der Waals surface area contributed by atoms with Gasteiger partial charge in [-0.15, -0.1) is 0 Å². The number of hydrogen-bond acceptors (Lipinski definition) is 3. The number of hydrogen-bond donors (Lipinski definition) is 1. The van der Waals surface area contributed by atoms with Gasteiger partial charge >= 0.3 is 0 Å². The first-order chi connectivity index (χ1) is 10.1. The summed E-state index contributed by atoms with van der Waals surface area (Å²) in [6.07, 6.45) is -0.184. The van der Waals surface area contributed by atoms with Crippen molar-refractivity contribution in [1.82, 2.24) is 4.98 Å². The standard InChI is InChI=1S/C15H12F2N2O2/c1-9-4-11(6-18-15(9)19-8-21)13-5-10(7-20)2-3-12(13)14(16)17/h2-8,14H,1H3,(H,18,19,21). The molecule has 0 bridgehead atoms. The Balaban J connectivity index is 2.56. The summed E-state index contributed by atoms with van der Waals surface area (Å²) in [7, 11) is 0. The van der Waals surface area contributed by atoms with Gasteiger partial charge < -0.3 is 5.32 Å². The maximum absolute atomic E-state index is 13.1. The number of nitrogens with one attached hydrogen (secondary N) is 1. The van der Waals surface area contributed by atoms with Gasteiger partial charge in [-0.05, 0) is 30.2 Å². The molecule has 0 aliphatic heterocycles. The smallest absolute Gasteiger partial charge is 0.264 e. The zero-order valence-corrected chi connectivity index (χ0v) is 11.1. The van der Waals surface area contributed by atoms with E-state index in [1.165, 1.54) is 24.4 Å². The molecule has 0 saturated heterocycles. The summed E-state index contributed by atoms with van der Waals surface area (Å²) < 4.78 is 26.2. The molecule has 4 nitrogen and oxygen atoms in total. The van der Waals surface area contributed by atoms with E-state index in [4.69, 9.17) is 0 Å². The SMILES string of the molecule is Cc1cc(-c2cc(C=O)ccc2C(F)F)cnc1NC=O. The predicted molar refractivity (Wildman–Crippen MR) is 74.4 cm³/mol. The Morgan fingerprint density at radius 2 is 2.00 bits per heavy atom. The molecule has 0 saturated carbocycles. The maximum Gasteiger partial charge on any atom is 0.264 e. The zero-order valence-electron chi connectivity index (χ0n) is 11.1. The van der Waals surface area contributed by atoms with Gasteiger partial charge in [-0.3, -0.25) is 9.59 Å². The Morgan fingerprint density at radius 1 is 1.24 bits per heavy atom. The van der Waals surface area contributed by atoms with Crippen molar-refractivity contribution in [3.8, 4) is 11.1 Å². The van der Waals surface area contributed by atoms with Gasteiger partial charge in [0.2, 0.25) is 6.41 Å². The summed E-state index contributed by atoms with van der Waals surface area (Å²) >= 11 is 0. The van der Waals surface area contributed by atoms with Crippen LogP contribution in [-0.4, -0.2) is 17.7 Å². The molecule has 0 unspecified atom stereocenters. The van der Waals surface area contributed by atoms with E-state index in [1.54, 1.807) is 13.0 Å². The molecule has 108 valence electrons. The largest absolute Gasteiger partial charge is 0.313 e. The number of aldehydes is 1. The predicted octanol–water partition coefficient (Wildman–Crippen LogP) is 3.38. The zero-order chi connectivity index (χ0) is 15.4. The van der Waals surface area contributed by atoms with Crippen LogP contribution in [-0.2, 0) is 4.79 Å². The number of pyridine rings is 1. The maximum atomic E-state index is 13.1. The molecular weight excluding hydrogens is 278 g/mol. The Hall–Kier alpha value is -2.63. The summed E-state index contributed by atoms with van der Waals surface area (Å²) in [5, 5.41) is 2.42. The Bertz CT molecular complexity index is 687. The molecule has 0 fully saturated rings. The molecule has 6 heteroatoms. The third-order valence-electron chi connectivity index (χ3n) is 3.03. The quantitative estimate of drug-likeness (QED) is 0.859. The van der Waals surface area contributed by atoms with Gasteiger partial charge in [0.25, 0.3) is 6.43 Å². The Labute approximate surface area is 119 Å². The van der Waals surface area contributed by atoms with E-state index in [0.29, 0.717) is 35.2 Å². The highest BCUT2D eigenvalue weighted by Gasteiger charge is 2.16. The molecule has 1 N–H and O–H groups in total. The number of aryl methyl sites for hydroxylation is 1. The highest BCUT2D eigenvalue weighted by Crippen LogP contribution is 2.32. The molecule has 1 aromatic carbocycles. The average molecular weight is 290 g/mol. The number of carbonyl (C=O) groups excluding carboxylic acids is 2. The van der Waals surface area contributed by atoms with E-state index >= 15 is 0 Å². The lowest BCUT2D eigenvalue weighted by Gasteiger charge is -2.11. The number of amides is 1. The second-order valence-corrected chi connectivity index (χ2v) is 4.42. The van der Waals surface area contributed by atoms with Crippen LogP contribution in [0.4, 0.5) is 14.6 Å². The third kappa shape index (κ3) is 3.10. The van der Waals surface area contributed by atoms with E-state index in [2.05, 4.69) is 10.3 Å². The van der Waals surface area contributed by atoms with E-state index in [0.717, 1.165) is 0 Å². The van der Waals surface area contributed by atoms with E-state index < -0.39 is 6.43 Å². The summed E-state index contributed by atoms with van der Waals surface area (Å²) in [6, 6.07) is 5.61. The molecule has 2 rings (SSSR count). The van der Waals surface area contributed by atoms with Crippen LogP contribution < -0.4 is 5.32 Å². The lowest BCUT2D eigenvalue weighted by Crippen LogP contribution is -2.00. The number of carbonyl (C=O) groups is 2. The summed E-state index contributed by atoms with van der Waals surface area (Å²) in [5.74, 6) is 0.360. The van der Waals surface area contributed by atoms with Crippen molar-refractivity contribution in [3.05, 3.63) is 47.2 Å². The molecule has 1 aromatic heterocycles. The molecule has 2 aromatic rings. The number of benzene rings is 1. The van der Waals surface area contributed by atoms with Gasteiger partial charge in [0.15, 0.2) is 0 Å². The summed E-state index contributed by atoms with van der Waals surface area (Å²) in [5.41, 5.74) is 1.49. The first-order valence-electron chi connectivity index (χ1n) is 6.11. The fourth-order valence-electron chi connectivity index (χ4n) is 2.02. The highest BCUT2D eigenvalue weighted by atomic mass is 19.3. The normalized spacial score (nSPS) is 10.5. The van der Waals surface area contributed by atoms with Crippen LogP contribution >= 0.6 is 0 Å². The molecule has 1 amide bonds. The minimum atomic E-state index is -2.66. The van der Waals surface area contributed by atoms with E-state index in [9.17, 15) is 18.4 Å². The number of rotatable bonds is 5. The van der Waals surface area contributed by atoms with Crippen LogP contribution in [0.2, 0.25) is 0 Å². The molecule has 0 aliphatic carbocycles. The van der Waals surface area contributed by atoms with Crippen LogP contribution in [0.3, 0.4) is 0 Å². The molecule has 0 radical (unpaired) electrons. The summed E-state index contributed by atoms with van der Waals surface area (Å²) in [4.78, 5) is 25.3. The van der Waals surface area contributed by atoms with E-state index in [1.807, 2.05) is 0 Å². The second-order valence-electron chi connectivity index (χ2n) is 4.42. The van der Waals surface area contributed by atoms with Crippen LogP contribution in [0.25, 0.3) is 11.1 Å². The summed E-state index contributed by atoms with van der Waals surface area (Å²) in [6.45, 7) is 1.70. The fraction of sp³-hybridized carbons (Fsp3) is 0.133. The van der Waals surface area contributed by atoms with Gasteiger partial charge in [0.05, 0.1) is 0 Å². The minimum absolute atomic E-state index is 0.169. The number of anilines is 1. The van der Waals surface area contributed by atoms with Crippen LogP contribution in [0.1, 0.15) is 27.9 Å². The lowest BCUT2D eigenvalue weighted by molar-refractivity contribution is -0.105. The number of nitrogens with zero attached hydrogens (tertiary/aromatic N) is 1. The second kappa shape index (κ2) is 6.21. The number of alkyl halides is 2. The molecule has 0 aliphatic rings. The molecule has 0 spiro atoms. The van der Waals surface area contributed by atoms with Crippen molar-refractivity contribution < 1.29 is 18.4 Å².